The molecule has 0 radical (unpaired) electrons. The van der Waals surface area contributed by atoms with Crippen LogP contribution in [-0.4, -0.2) is 74.1 Å². The van der Waals surface area contributed by atoms with Crippen molar-refractivity contribution < 1.29 is 17.7 Å². The lowest BCUT2D eigenvalue weighted by atomic mass is 10.4. The molecule has 0 aromatic carbocycles. The second-order valence-corrected chi connectivity index (χ2v) is 52.3. The lowest BCUT2D eigenvalue weighted by molar-refractivity contribution is 0.0203. The molecule has 10 heteroatoms. The van der Waals surface area contributed by atoms with Crippen LogP contribution in [0.5, 0.6) is 0 Å². The first-order chi connectivity index (χ1) is 13.2. The third-order valence-electron chi connectivity index (χ3n) is 6.12. The fourth-order valence-electron chi connectivity index (χ4n) is 3.34. The molecule has 4 nitrogen and oxygen atoms in total. The van der Waals surface area contributed by atoms with Crippen LogP contribution < -0.4 is 0 Å². The Balaban J connectivity index is 4.57. The normalized spacial score (nSPS) is 15.7. The van der Waals surface area contributed by atoms with Crippen molar-refractivity contribution in [3.8, 4) is 0 Å². The summed E-state index contributed by atoms with van der Waals surface area (Å²) in [4.78, 5) is 0. The van der Waals surface area contributed by atoms with Crippen LogP contribution in [-0.2, 0) is 17.7 Å². The Bertz CT molecular complexity index is 499. The molecule has 1 unspecified atom stereocenters. The average molecular weight is 527 g/mol. The molecule has 0 N–H and O–H groups in total. The maximum absolute atomic E-state index is 7.01. The van der Waals surface area contributed by atoms with Crippen LogP contribution >= 0.6 is 0 Å². The second kappa shape index (κ2) is 12.0. The van der Waals surface area contributed by atoms with E-state index in [1.54, 1.807) is 0 Å². The monoisotopic (exact) mass is 526 g/mol. The minimum atomic E-state index is -1.65. The zero-order chi connectivity index (χ0) is 24.0. The molecule has 1 atom stereocenters. The number of hydrogen-bond donors (Lipinski definition) is 0. The van der Waals surface area contributed by atoms with Gasteiger partial charge >= 0.3 is 0 Å². The van der Waals surface area contributed by atoms with Gasteiger partial charge in [0.25, 0.3) is 0 Å². The minimum absolute atomic E-state index is 0.0547. The fraction of sp³-hybridized carbons (Fsp3) is 1.00. The number of ether oxygens (including phenoxy) is 1. The van der Waals surface area contributed by atoms with Gasteiger partial charge < -0.3 is 17.7 Å². The molecule has 0 aliphatic rings. The van der Waals surface area contributed by atoms with Crippen LogP contribution in [0.3, 0.4) is 0 Å². The van der Waals surface area contributed by atoms with Gasteiger partial charge in [0, 0.05) is 14.9 Å². The third kappa shape index (κ3) is 13.0. The summed E-state index contributed by atoms with van der Waals surface area (Å²) in [5, 5.41) is 0. The van der Waals surface area contributed by atoms with Gasteiger partial charge in [-0.15, -0.1) is 0 Å². The molecule has 0 fully saturated rings. The van der Waals surface area contributed by atoms with Crippen LogP contribution in [0.25, 0.3) is 0 Å². The predicted molar refractivity (Wildman–Crippen MR) is 150 cm³/mol. The summed E-state index contributed by atoms with van der Waals surface area (Å²) in [5.41, 5.74) is 0. The van der Waals surface area contributed by atoms with Gasteiger partial charge in [0.2, 0.25) is 0 Å². The van der Waals surface area contributed by atoms with Gasteiger partial charge in [-0.2, -0.15) is 0 Å². The fourth-order valence-corrected chi connectivity index (χ4v) is 37.7. The maximum Gasteiger partial charge on any atom is 0.184 e. The summed E-state index contributed by atoms with van der Waals surface area (Å²) in [6.07, 6.45) is 1.14. The summed E-state index contributed by atoms with van der Waals surface area (Å²) in [7, 11) is -8.22. The summed E-state index contributed by atoms with van der Waals surface area (Å²) in [5.74, 6) is 0. The smallest absolute Gasteiger partial charge is 0.184 e. The Morgan fingerprint density at radius 1 is 0.733 bits per heavy atom. The molecule has 0 aliphatic carbocycles. The zero-order valence-corrected chi connectivity index (χ0v) is 29.0. The first-order valence-electron chi connectivity index (χ1n) is 11.8. The zero-order valence-electron chi connectivity index (χ0n) is 22.8. The van der Waals surface area contributed by atoms with E-state index in [9.17, 15) is 0 Å². The Morgan fingerprint density at radius 2 is 1.27 bits per heavy atom. The largest absolute Gasteiger partial charge is 0.458 e. The molecule has 0 saturated carbocycles. The molecule has 182 valence electrons. The van der Waals surface area contributed by atoms with Crippen molar-refractivity contribution in [3.05, 3.63) is 0 Å². The molecule has 0 spiro atoms. The van der Waals surface area contributed by atoms with E-state index in [-0.39, 0.29) is 6.10 Å². The van der Waals surface area contributed by atoms with Crippen molar-refractivity contribution >= 4 is 48.2 Å². The quantitative estimate of drug-likeness (QED) is 0.187. The van der Waals surface area contributed by atoms with Crippen molar-refractivity contribution in [3.63, 3.8) is 0 Å². The Hall–Kier alpha value is 1.14. The van der Waals surface area contributed by atoms with E-state index in [0.29, 0.717) is 13.2 Å². The van der Waals surface area contributed by atoms with Crippen LogP contribution in [0.4, 0.5) is 0 Å². The molecule has 0 aromatic rings. The third-order valence-corrected chi connectivity index (χ3v) is 50.3. The van der Waals surface area contributed by atoms with Gasteiger partial charge in [0.05, 0.1) is 26.4 Å². The van der Waals surface area contributed by atoms with E-state index in [0.717, 1.165) is 13.0 Å². The summed E-state index contributed by atoms with van der Waals surface area (Å²) >= 11 is 0. The Kier molecular flexibility index (Phi) is 12.5. The molecule has 30 heavy (non-hydrogen) atoms. The molecular weight excluding hydrogens is 473 g/mol. The summed E-state index contributed by atoms with van der Waals surface area (Å²) in [6, 6.07) is 1.18. The summed E-state index contributed by atoms with van der Waals surface area (Å²) < 4.78 is 25.5. The molecular formula is C20H54O4Si6. The molecule has 0 heterocycles. The van der Waals surface area contributed by atoms with E-state index in [1.165, 1.54) is 6.04 Å². The highest BCUT2D eigenvalue weighted by Gasteiger charge is 2.47. The van der Waals surface area contributed by atoms with Gasteiger partial charge in [0.15, 0.2) is 32.8 Å². The standard InChI is InChI=1S/C20H54O4Si6/c1-25(2)30(13,14)29(11,12)24-28(9,10)17-15-16-21-18-20(23-27(6,7)8)19-22-26(3,4)5/h20,25H,15-19H2,1-14H3. The van der Waals surface area contributed by atoms with Gasteiger partial charge in [-0.3, -0.25) is 0 Å². The highest BCUT2D eigenvalue weighted by molar-refractivity contribution is 7.62. The van der Waals surface area contributed by atoms with Crippen molar-refractivity contribution in [1.82, 2.24) is 0 Å². The molecule has 0 amide bonds. The second-order valence-electron chi connectivity index (χ2n) is 12.7. The number of hydrogen-bond acceptors (Lipinski definition) is 4. The molecule has 0 aromatic heterocycles. The first kappa shape index (κ1) is 31.1. The highest BCUT2D eigenvalue weighted by Crippen LogP contribution is 2.28. The van der Waals surface area contributed by atoms with Crippen LogP contribution in [0.2, 0.25) is 97.7 Å². The van der Waals surface area contributed by atoms with E-state index >= 15 is 0 Å². The van der Waals surface area contributed by atoms with Crippen molar-refractivity contribution in [2.24, 2.45) is 0 Å². The van der Waals surface area contributed by atoms with Crippen LogP contribution in [0, 0.1) is 0 Å². The van der Waals surface area contributed by atoms with Crippen LogP contribution in [0.15, 0.2) is 0 Å². The summed E-state index contributed by atoms with van der Waals surface area (Å²) in [6.45, 7) is 35.5. The molecule has 0 rings (SSSR count). The average Bonchev–Trinajstić information content (AvgIpc) is 2.48. The van der Waals surface area contributed by atoms with Gasteiger partial charge in [-0.25, -0.2) is 0 Å². The molecule has 0 saturated heterocycles. The van der Waals surface area contributed by atoms with E-state index in [1.807, 2.05) is 0 Å². The van der Waals surface area contributed by atoms with Gasteiger partial charge in [-0.05, 0) is 77.9 Å². The van der Waals surface area contributed by atoms with Crippen molar-refractivity contribution in [2.75, 3.05) is 19.8 Å². The van der Waals surface area contributed by atoms with Gasteiger partial charge in [0.1, 0.15) is 0 Å². The predicted octanol–water partition coefficient (Wildman–Crippen LogP) is 6.24. The maximum atomic E-state index is 7.01. The van der Waals surface area contributed by atoms with E-state index < -0.39 is 48.2 Å². The van der Waals surface area contributed by atoms with Crippen molar-refractivity contribution in [2.45, 2.75) is 110 Å². The molecule has 0 bridgehead atoms. The molecule has 0 aliphatic heterocycles. The van der Waals surface area contributed by atoms with E-state index in [4.69, 9.17) is 17.7 Å². The highest BCUT2D eigenvalue weighted by atomic mass is 29.6. The van der Waals surface area contributed by atoms with Crippen molar-refractivity contribution in [1.29, 1.82) is 0 Å². The first-order valence-corrected chi connectivity index (χ1v) is 32.7. The lowest BCUT2D eigenvalue weighted by Crippen LogP contribution is -2.67. The van der Waals surface area contributed by atoms with Crippen LogP contribution in [0.1, 0.15) is 6.42 Å². The van der Waals surface area contributed by atoms with Gasteiger partial charge in [-0.1, -0.05) is 26.2 Å². The Labute approximate surface area is 195 Å². The lowest BCUT2D eigenvalue weighted by Gasteiger charge is -2.45. The Morgan fingerprint density at radius 3 is 1.70 bits per heavy atom. The number of rotatable bonds is 15. The SMILES string of the molecule is C[SiH](C)[Si](C)(C)[Si](C)(C)O[Si](C)(C)CCCOCC(CO[Si](C)(C)C)O[Si](C)(C)C. The topological polar surface area (TPSA) is 36.9 Å². The van der Waals surface area contributed by atoms with E-state index in [2.05, 4.69) is 91.7 Å². The minimum Gasteiger partial charge on any atom is -0.458 e.